The molecule has 1 aliphatic rings. The smallest absolute Gasteiger partial charge is 0.252 e. The van der Waals surface area contributed by atoms with Crippen molar-refractivity contribution in [3.05, 3.63) is 40.0 Å². The zero-order chi connectivity index (χ0) is 14.7. The molecule has 0 atom stereocenters. The first-order chi connectivity index (χ1) is 9.52. The molecule has 3 heteroatoms. The van der Waals surface area contributed by atoms with E-state index in [1.165, 1.54) is 5.56 Å². The first-order valence-electron chi connectivity index (χ1n) is 7.04. The Balaban J connectivity index is 2.26. The third-order valence-electron chi connectivity index (χ3n) is 3.97. The maximum Gasteiger partial charge on any atom is 0.252 e. The van der Waals surface area contributed by atoms with Crippen LogP contribution in [0.15, 0.2) is 23.3 Å². The van der Waals surface area contributed by atoms with Crippen LogP contribution in [0.4, 0.5) is 5.69 Å². The molecule has 104 valence electrons. The van der Waals surface area contributed by atoms with Gasteiger partial charge in [0.15, 0.2) is 0 Å². The van der Waals surface area contributed by atoms with Gasteiger partial charge in [-0.2, -0.15) is 5.26 Å². The molecule has 1 amide bonds. The van der Waals surface area contributed by atoms with Crippen LogP contribution in [0.3, 0.4) is 0 Å². The van der Waals surface area contributed by atoms with Crippen molar-refractivity contribution in [1.29, 1.82) is 5.26 Å². The Morgan fingerprint density at radius 1 is 1.10 bits per heavy atom. The van der Waals surface area contributed by atoms with Crippen LogP contribution >= 0.6 is 0 Å². The lowest BCUT2D eigenvalue weighted by molar-refractivity contribution is -0.113. The highest BCUT2D eigenvalue weighted by Gasteiger charge is 2.19. The predicted molar refractivity (Wildman–Crippen MR) is 80.4 cm³/mol. The second-order valence-corrected chi connectivity index (χ2v) is 5.48. The molecule has 2 rings (SSSR count). The van der Waals surface area contributed by atoms with Gasteiger partial charge in [-0.05, 0) is 69.2 Å². The van der Waals surface area contributed by atoms with E-state index in [0.717, 1.165) is 36.1 Å². The van der Waals surface area contributed by atoms with E-state index in [1.54, 1.807) is 0 Å². The van der Waals surface area contributed by atoms with E-state index in [2.05, 4.69) is 24.4 Å². The molecule has 0 saturated carbocycles. The average molecular weight is 268 g/mol. The average Bonchev–Trinajstić information content (AvgIpc) is 2.44. The summed E-state index contributed by atoms with van der Waals surface area (Å²) in [6, 6.07) is 6.25. The second kappa shape index (κ2) is 5.92. The monoisotopic (exact) mass is 268 g/mol. The van der Waals surface area contributed by atoms with Crippen LogP contribution in [0, 0.1) is 32.1 Å². The SMILES string of the molecule is Cc1cc(C)c(NC(=O)C2=C(C#N)CCCC2)cc1C. The van der Waals surface area contributed by atoms with Crippen LogP contribution in [0.1, 0.15) is 42.4 Å². The molecule has 1 N–H and O–H groups in total. The number of aryl methyl sites for hydroxylation is 3. The molecule has 0 aromatic heterocycles. The van der Waals surface area contributed by atoms with Crippen LogP contribution in [-0.4, -0.2) is 5.91 Å². The number of anilines is 1. The largest absolute Gasteiger partial charge is 0.322 e. The van der Waals surface area contributed by atoms with Crippen LogP contribution in [0.25, 0.3) is 0 Å². The normalized spacial score (nSPS) is 14.9. The molecule has 1 aromatic rings. The minimum absolute atomic E-state index is 0.118. The van der Waals surface area contributed by atoms with Gasteiger partial charge in [0.05, 0.1) is 6.07 Å². The lowest BCUT2D eigenvalue weighted by atomic mass is 9.92. The predicted octanol–water partition coefficient (Wildman–Crippen LogP) is 3.94. The van der Waals surface area contributed by atoms with Crippen LogP contribution in [0.2, 0.25) is 0 Å². The van der Waals surface area contributed by atoms with Gasteiger partial charge in [-0.25, -0.2) is 0 Å². The van der Waals surface area contributed by atoms with E-state index in [4.69, 9.17) is 5.26 Å². The van der Waals surface area contributed by atoms with Crippen LogP contribution in [0.5, 0.6) is 0 Å². The molecule has 1 aromatic carbocycles. The Hall–Kier alpha value is -2.08. The third-order valence-corrected chi connectivity index (χ3v) is 3.97. The van der Waals surface area contributed by atoms with Crippen molar-refractivity contribution in [1.82, 2.24) is 0 Å². The van der Waals surface area contributed by atoms with Gasteiger partial charge in [-0.1, -0.05) is 6.07 Å². The molecule has 0 fully saturated rings. The molecular weight excluding hydrogens is 248 g/mol. The van der Waals surface area contributed by atoms with Crippen molar-refractivity contribution in [2.45, 2.75) is 46.5 Å². The van der Waals surface area contributed by atoms with Gasteiger partial charge in [0.2, 0.25) is 0 Å². The molecule has 0 spiro atoms. The van der Waals surface area contributed by atoms with Crippen molar-refractivity contribution < 1.29 is 4.79 Å². The highest BCUT2D eigenvalue weighted by Crippen LogP contribution is 2.26. The Bertz CT molecular complexity index is 621. The number of nitrogens with zero attached hydrogens (tertiary/aromatic N) is 1. The number of nitriles is 1. The number of carbonyl (C=O) groups is 1. The highest BCUT2D eigenvalue weighted by atomic mass is 16.1. The molecule has 3 nitrogen and oxygen atoms in total. The summed E-state index contributed by atoms with van der Waals surface area (Å²) < 4.78 is 0. The maximum atomic E-state index is 12.4. The molecular formula is C17H20N2O. The van der Waals surface area contributed by atoms with E-state index in [-0.39, 0.29) is 5.91 Å². The Labute approximate surface area is 120 Å². The zero-order valence-corrected chi connectivity index (χ0v) is 12.3. The summed E-state index contributed by atoms with van der Waals surface area (Å²) >= 11 is 0. The lowest BCUT2D eigenvalue weighted by Gasteiger charge is -2.17. The molecule has 0 unspecified atom stereocenters. The van der Waals surface area contributed by atoms with E-state index >= 15 is 0 Å². The summed E-state index contributed by atoms with van der Waals surface area (Å²) in [5.41, 5.74) is 5.58. The minimum atomic E-state index is -0.118. The Kier molecular flexibility index (Phi) is 4.24. The van der Waals surface area contributed by atoms with Gasteiger partial charge in [-0.15, -0.1) is 0 Å². The fourth-order valence-corrected chi connectivity index (χ4v) is 2.57. The number of benzene rings is 1. The first-order valence-corrected chi connectivity index (χ1v) is 7.04. The van der Waals surface area contributed by atoms with Gasteiger partial charge >= 0.3 is 0 Å². The van der Waals surface area contributed by atoms with E-state index in [0.29, 0.717) is 17.6 Å². The standard InChI is InChI=1S/C17H20N2O/c1-11-8-13(3)16(9-12(11)2)19-17(20)15-7-5-4-6-14(15)10-18/h8-9H,4-7H2,1-3H3,(H,19,20). The van der Waals surface area contributed by atoms with E-state index in [9.17, 15) is 4.79 Å². The van der Waals surface area contributed by atoms with E-state index < -0.39 is 0 Å². The van der Waals surface area contributed by atoms with Gasteiger partial charge in [0.25, 0.3) is 5.91 Å². The van der Waals surface area contributed by atoms with Crippen molar-refractivity contribution in [3.63, 3.8) is 0 Å². The molecule has 0 bridgehead atoms. The number of rotatable bonds is 2. The first kappa shape index (κ1) is 14.3. The number of carbonyl (C=O) groups excluding carboxylic acids is 1. The quantitative estimate of drug-likeness (QED) is 0.883. The number of nitrogens with one attached hydrogen (secondary N) is 1. The molecule has 0 heterocycles. The Morgan fingerprint density at radius 2 is 1.75 bits per heavy atom. The molecule has 0 aliphatic heterocycles. The summed E-state index contributed by atoms with van der Waals surface area (Å²) in [5, 5.41) is 12.1. The number of hydrogen-bond donors (Lipinski definition) is 1. The fraction of sp³-hybridized carbons (Fsp3) is 0.412. The van der Waals surface area contributed by atoms with Crippen molar-refractivity contribution in [2.75, 3.05) is 5.32 Å². The van der Waals surface area contributed by atoms with Crippen LogP contribution in [-0.2, 0) is 4.79 Å². The number of amides is 1. The van der Waals surface area contributed by atoms with Gasteiger partial charge in [0.1, 0.15) is 0 Å². The topological polar surface area (TPSA) is 52.9 Å². The van der Waals surface area contributed by atoms with Crippen molar-refractivity contribution in [3.8, 4) is 6.07 Å². The molecule has 20 heavy (non-hydrogen) atoms. The summed E-state index contributed by atoms with van der Waals surface area (Å²) in [4.78, 5) is 12.4. The van der Waals surface area contributed by atoms with E-state index in [1.807, 2.05) is 19.9 Å². The molecule has 1 aliphatic carbocycles. The zero-order valence-electron chi connectivity index (χ0n) is 12.3. The molecule has 0 radical (unpaired) electrons. The lowest BCUT2D eigenvalue weighted by Crippen LogP contribution is -2.18. The van der Waals surface area contributed by atoms with Gasteiger partial charge < -0.3 is 5.32 Å². The van der Waals surface area contributed by atoms with Gasteiger partial charge in [0, 0.05) is 16.8 Å². The summed E-state index contributed by atoms with van der Waals surface area (Å²) in [7, 11) is 0. The summed E-state index contributed by atoms with van der Waals surface area (Å²) in [5.74, 6) is -0.118. The highest BCUT2D eigenvalue weighted by molar-refractivity contribution is 6.05. The summed E-state index contributed by atoms with van der Waals surface area (Å²) in [6.07, 6.45) is 3.42. The minimum Gasteiger partial charge on any atom is -0.322 e. The number of allylic oxidation sites excluding steroid dienone is 1. The fourth-order valence-electron chi connectivity index (χ4n) is 2.57. The summed E-state index contributed by atoms with van der Waals surface area (Å²) in [6.45, 7) is 6.08. The second-order valence-electron chi connectivity index (χ2n) is 5.48. The van der Waals surface area contributed by atoms with Crippen molar-refractivity contribution in [2.24, 2.45) is 0 Å². The van der Waals surface area contributed by atoms with Crippen molar-refractivity contribution >= 4 is 11.6 Å². The van der Waals surface area contributed by atoms with Crippen LogP contribution < -0.4 is 5.32 Å². The maximum absolute atomic E-state index is 12.4. The number of hydrogen-bond acceptors (Lipinski definition) is 2. The Morgan fingerprint density at radius 3 is 2.45 bits per heavy atom. The van der Waals surface area contributed by atoms with Gasteiger partial charge in [-0.3, -0.25) is 4.79 Å². The third kappa shape index (κ3) is 2.91. The molecule has 0 saturated heterocycles.